The Morgan fingerprint density at radius 1 is 0.862 bits per heavy atom. The summed E-state index contributed by atoms with van der Waals surface area (Å²) in [6.45, 7) is 0. The Hall–Kier alpha value is -2.47. The van der Waals surface area contributed by atoms with Crippen LogP contribution in [-0.4, -0.2) is 21.9 Å². The molecule has 3 aromatic carbocycles. The molecule has 4 nitrogen and oxygen atoms in total. The van der Waals surface area contributed by atoms with Gasteiger partial charge in [-0.05, 0) is 35.9 Å². The number of nitrogens with zero attached hydrogens (tertiary/aromatic N) is 3. The fourth-order valence-electron chi connectivity index (χ4n) is 2.97. The summed E-state index contributed by atoms with van der Waals surface area (Å²) in [6, 6.07) is 23.2. The number of methoxy groups -OCH3 is 1. The summed E-state index contributed by atoms with van der Waals surface area (Å²) in [5.41, 5.74) is 2.68. The molecule has 0 aliphatic carbocycles. The first kappa shape index (κ1) is 19.8. The van der Waals surface area contributed by atoms with Gasteiger partial charge < -0.3 is 4.74 Å². The number of para-hydroxylation sites is 2. The Morgan fingerprint density at radius 2 is 1.55 bits per heavy atom. The maximum atomic E-state index is 6.46. The minimum atomic E-state index is 0.610. The maximum Gasteiger partial charge on any atom is 0.196 e. The quantitative estimate of drug-likeness (QED) is 0.318. The highest BCUT2D eigenvalue weighted by atomic mass is 35.5. The summed E-state index contributed by atoms with van der Waals surface area (Å²) in [4.78, 5) is 0. The van der Waals surface area contributed by atoms with Gasteiger partial charge in [-0.3, -0.25) is 4.57 Å². The van der Waals surface area contributed by atoms with Crippen LogP contribution in [0.25, 0.3) is 17.1 Å². The minimum Gasteiger partial charge on any atom is -0.495 e. The third kappa shape index (κ3) is 4.13. The van der Waals surface area contributed by atoms with Crippen molar-refractivity contribution in [2.75, 3.05) is 7.11 Å². The van der Waals surface area contributed by atoms with E-state index >= 15 is 0 Å². The van der Waals surface area contributed by atoms with Gasteiger partial charge in [0.05, 0.1) is 17.8 Å². The van der Waals surface area contributed by atoms with Crippen molar-refractivity contribution >= 4 is 35.0 Å². The van der Waals surface area contributed by atoms with E-state index in [2.05, 4.69) is 10.2 Å². The molecule has 0 radical (unpaired) electrons. The van der Waals surface area contributed by atoms with E-state index in [-0.39, 0.29) is 0 Å². The predicted molar refractivity (Wildman–Crippen MR) is 119 cm³/mol. The Morgan fingerprint density at radius 3 is 2.31 bits per heavy atom. The van der Waals surface area contributed by atoms with Crippen LogP contribution >= 0.6 is 35.0 Å². The van der Waals surface area contributed by atoms with Gasteiger partial charge in [0.1, 0.15) is 5.75 Å². The number of thioether (sulfide) groups is 1. The Labute approximate surface area is 183 Å². The molecule has 0 atom stereocenters. The van der Waals surface area contributed by atoms with Gasteiger partial charge >= 0.3 is 0 Å². The minimum absolute atomic E-state index is 0.610. The predicted octanol–water partition coefficient (Wildman–Crippen LogP) is 6.54. The number of hydrogen-bond donors (Lipinski definition) is 0. The molecule has 0 bridgehead atoms. The van der Waals surface area contributed by atoms with Crippen molar-refractivity contribution in [2.45, 2.75) is 10.9 Å². The summed E-state index contributed by atoms with van der Waals surface area (Å²) in [7, 11) is 1.65. The van der Waals surface area contributed by atoms with Crippen LogP contribution < -0.4 is 4.74 Å². The molecule has 0 amide bonds. The molecule has 0 fully saturated rings. The molecule has 0 unspecified atom stereocenters. The largest absolute Gasteiger partial charge is 0.495 e. The molecule has 4 rings (SSSR count). The SMILES string of the molecule is COc1ccccc1-n1c(SCc2ccccc2Cl)nnc1-c1ccccc1Cl. The lowest BCUT2D eigenvalue weighted by Crippen LogP contribution is -2.02. The number of aromatic nitrogens is 3. The molecule has 29 heavy (non-hydrogen) atoms. The highest BCUT2D eigenvalue weighted by Gasteiger charge is 2.20. The van der Waals surface area contributed by atoms with Gasteiger partial charge in [0.2, 0.25) is 0 Å². The first-order valence-electron chi connectivity index (χ1n) is 8.89. The summed E-state index contributed by atoms with van der Waals surface area (Å²) < 4.78 is 7.56. The van der Waals surface area contributed by atoms with Gasteiger partial charge in [-0.1, -0.05) is 77.4 Å². The monoisotopic (exact) mass is 441 g/mol. The van der Waals surface area contributed by atoms with E-state index in [1.165, 1.54) is 0 Å². The second-order valence-corrected chi connectivity index (χ2v) is 7.93. The van der Waals surface area contributed by atoms with Crippen molar-refractivity contribution in [2.24, 2.45) is 0 Å². The van der Waals surface area contributed by atoms with Gasteiger partial charge in [0.25, 0.3) is 0 Å². The van der Waals surface area contributed by atoms with Crippen molar-refractivity contribution in [1.29, 1.82) is 0 Å². The normalized spacial score (nSPS) is 10.9. The first-order chi connectivity index (χ1) is 14.2. The molecule has 0 saturated carbocycles. The zero-order valence-corrected chi connectivity index (χ0v) is 17.9. The number of rotatable bonds is 6. The smallest absolute Gasteiger partial charge is 0.196 e. The van der Waals surface area contributed by atoms with Crippen LogP contribution in [0, 0.1) is 0 Å². The molecule has 1 heterocycles. The van der Waals surface area contributed by atoms with E-state index in [4.69, 9.17) is 27.9 Å². The van der Waals surface area contributed by atoms with E-state index in [0.29, 0.717) is 16.6 Å². The zero-order valence-electron chi connectivity index (χ0n) is 15.5. The van der Waals surface area contributed by atoms with Gasteiger partial charge in [-0.15, -0.1) is 10.2 Å². The lowest BCUT2D eigenvalue weighted by atomic mass is 10.2. The van der Waals surface area contributed by atoms with Crippen molar-refractivity contribution in [3.63, 3.8) is 0 Å². The van der Waals surface area contributed by atoms with E-state index in [1.54, 1.807) is 18.9 Å². The third-order valence-corrected chi connectivity index (χ3v) is 6.06. The number of hydrogen-bond acceptors (Lipinski definition) is 4. The zero-order chi connectivity index (χ0) is 20.2. The van der Waals surface area contributed by atoms with Crippen LogP contribution in [0.4, 0.5) is 0 Å². The van der Waals surface area contributed by atoms with Crippen molar-refractivity contribution < 1.29 is 4.74 Å². The molecule has 0 N–H and O–H groups in total. The highest BCUT2D eigenvalue weighted by Crippen LogP contribution is 2.36. The number of ether oxygens (including phenoxy) is 1. The summed E-state index contributed by atoms with van der Waals surface area (Å²) in [5, 5.41) is 11.0. The lowest BCUT2D eigenvalue weighted by molar-refractivity contribution is 0.412. The van der Waals surface area contributed by atoms with Crippen molar-refractivity contribution in [1.82, 2.24) is 14.8 Å². The Balaban J connectivity index is 1.82. The van der Waals surface area contributed by atoms with Crippen LogP contribution in [0.1, 0.15) is 5.56 Å². The van der Waals surface area contributed by atoms with Crippen LogP contribution in [0.2, 0.25) is 10.0 Å². The number of halogens is 2. The van der Waals surface area contributed by atoms with Gasteiger partial charge in [0, 0.05) is 16.3 Å². The molecule has 7 heteroatoms. The molecular weight excluding hydrogens is 425 g/mol. The fourth-order valence-corrected chi connectivity index (χ4v) is 4.42. The van der Waals surface area contributed by atoms with E-state index in [0.717, 1.165) is 32.7 Å². The van der Waals surface area contributed by atoms with Crippen LogP contribution in [0.15, 0.2) is 78.0 Å². The summed E-state index contributed by atoms with van der Waals surface area (Å²) in [6.07, 6.45) is 0. The highest BCUT2D eigenvalue weighted by molar-refractivity contribution is 7.98. The van der Waals surface area contributed by atoms with E-state index in [1.807, 2.05) is 77.4 Å². The van der Waals surface area contributed by atoms with Crippen molar-refractivity contribution in [3.05, 3.63) is 88.4 Å². The van der Waals surface area contributed by atoms with Gasteiger partial charge in [0.15, 0.2) is 11.0 Å². The van der Waals surface area contributed by atoms with Crippen LogP contribution in [0.3, 0.4) is 0 Å². The van der Waals surface area contributed by atoms with Crippen molar-refractivity contribution in [3.8, 4) is 22.8 Å². The third-order valence-electron chi connectivity index (χ3n) is 4.39. The average molecular weight is 442 g/mol. The lowest BCUT2D eigenvalue weighted by Gasteiger charge is -2.14. The fraction of sp³-hybridized carbons (Fsp3) is 0.0909. The molecule has 1 aromatic heterocycles. The number of benzene rings is 3. The second kappa shape index (κ2) is 8.91. The standard InChI is InChI=1S/C22H17Cl2N3OS/c1-28-20-13-7-6-12-19(20)27-21(16-9-3-5-11-18(16)24)25-26-22(27)29-14-15-8-2-4-10-17(15)23/h2-13H,14H2,1H3. The van der Waals surface area contributed by atoms with E-state index < -0.39 is 0 Å². The Bertz CT molecular complexity index is 1150. The topological polar surface area (TPSA) is 39.9 Å². The van der Waals surface area contributed by atoms with Crippen LogP contribution in [-0.2, 0) is 5.75 Å². The first-order valence-corrected chi connectivity index (χ1v) is 10.6. The molecule has 0 aliphatic rings. The molecule has 0 spiro atoms. The van der Waals surface area contributed by atoms with Gasteiger partial charge in [-0.2, -0.15) is 0 Å². The van der Waals surface area contributed by atoms with Gasteiger partial charge in [-0.25, -0.2) is 0 Å². The molecule has 4 aromatic rings. The molecule has 0 saturated heterocycles. The molecule has 0 aliphatic heterocycles. The summed E-state index contributed by atoms with van der Waals surface area (Å²) >= 11 is 14.3. The molecular formula is C22H17Cl2N3OS. The summed E-state index contributed by atoms with van der Waals surface area (Å²) in [5.74, 6) is 2.04. The molecule has 146 valence electrons. The Kier molecular flexibility index (Phi) is 6.09. The van der Waals surface area contributed by atoms with E-state index in [9.17, 15) is 0 Å². The maximum absolute atomic E-state index is 6.46. The van der Waals surface area contributed by atoms with Crippen LogP contribution in [0.5, 0.6) is 5.75 Å². The average Bonchev–Trinajstić information content (AvgIpc) is 3.17. The second-order valence-electron chi connectivity index (χ2n) is 6.17.